The number of likely N-dealkylation sites (N-methyl/N-ethyl adjacent to an activating group) is 1. The predicted molar refractivity (Wildman–Crippen MR) is 103 cm³/mol. The van der Waals surface area contributed by atoms with Crippen LogP contribution in [0.1, 0.15) is 51.1 Å². The molecule has 6 nitrogen and oxygen atoms in total. The van der Waals surface area contributed by atoms with E-state index in [2.05, 4.69) is 22.2 Å². The molecule has 1 rings (SSSR count). The number of amides is 1. The summed E-state index contributed by atoms with van der Waals surface area (Å²) in [7, 11) is 1.78. The van der Waals surface area contributed by atoms with Crippen LogP contribution in [0.25, 0.3) is 0 Å². The van der Waals surface area contributed by atoms with E-state index in [-0.39, 0.29) is 12.5 Å². The van der Waals surface area contributed by atoms with Gasteiger partial charge in [-0.2, -0.15) is 0 Å². The van der Waals surface area contributed by atoms with Crippen molar-refractivity contribution in [1.82, 2.24) is 15.2 Å². The van der Waals surface area contributed by atoms with Gasteiger partial charge >= 0.3 is 0 Å². The van der Waals surface area contributed by atoms with Gasteiger partial charge < -0.3 is 16.0 Å². The van der Waals surface area contributed by atoms with E-state index in [9.17, 15) is 4.79 Å². The second-order valence-corrected chi connectivity index (χ2v) is 6.28. The molecule has 0 aliphatic carbocycles. The topological polar surface area (TPSA) is 83.6 Å². The highest BCUT2D eigenvalue weighted by molar-refractivity contribution is 5.83. The largest absolute Gasteiger partial charge is 0.370 e. The van der Waals surface area contributed by atoms with Crippen LogP contribution in [-0.2, 0) is 11.2 Å². The molecule has 0 spiro atoms. The molecule has 3 N–H and O–H groups in total. The van der Waals surface area contributed by atoms with Crippen molar-refractivity contribution in [3.05, 3.63) is 30.1 Å². The molecule has 0 saturated heterocycles. The van der Waals surface area contributed by atoms with Gasteiger partial charge in [0.1, 0.15) is 6.54 Å². The highest BCUT2D eigenvalue weighted by atomic mass is 16.2. The van der Waals surface area contributed by atoms with Crippen molar-refractivity contribution in [2.24, 2.45) is 10.7 Å². The molecule has 0 saturated carbocycles. The molecular formula is C19H33N5O. The van der Waals surface area contributed by atoms with Gasteiger partial charge in [-0.25, -0.2) is 4.99 Å². The average molecular weight is 348 g/mol. The van der Waals surface area contributed by atoms with Crippen LogP contribution in [0.3, 0.4) is 0 Å². The third-order valence-electron chi connectivity index (χ3n) is 4.08. The Hall–Kier alpha value is -2.11. The summed E-state index contributed by atoms with van der Waals surface area (Å²) in [5.41, 5.74) is 6.79. The number of carbonyl (C=O) groups is 1. The van der Waals surface area contributed by atoms with E-state index in [4.69, 9.17) is 5.73 Å². The number of aromatic nitrogens is 1. The number of nitrogens with zero attached hydrogens (tertiary/aromatic N) is 3. The maximum Gasteiger partial charge on any atom is 0.244 e. The Balaban J connectivity index is 2.14. The third-order valence-corrected chi connectivity index (χ3v) is 4.08. The van der Waals surface area contributed by atoms with Crippen LogP contribution in [0, 0.1) is 0 Å². The lowest BCUT2D eigenvalue weighted by Gasteiger charge is -2.16. The van der Waals surface area contributed by atoms with Crippen LogP contribution in [-0.4, -0.2) is 48.4 Å². The molecule has 0 aliphatic rings. The molecule has 0 aromatic carbocycles. The van der Waals surface area contributed by atoms with Gasteiger partial charge in [0.05, 0.1) is 0 Å². The van der Waals surface area contributed by atoms with Crippen molar-refractivity contribution in [3.8, 4) is 0 Å². The highest BCUT2D eigenvalue weighted by Crippen LogP contribution is 2.04. The van der Waals surface area contributed by atoms with Crippen LogP contribution in [0.15, 0.2) is 29.4 Å². The van der Waals surface area contributed by atoms with E-state index >= 15 is 0 Å². The molecule has 1 aromatic heterocycles. The molecule has 0 unspecified atom stereocenters. The maximum absolute atomic E-state index is 12.1. The van der Waals surface area contributed by atoms with Crippen molar-refractivity contribution >= 4 is 11.9 Å². The first-order valence-electron chi connectivity index (χ1n) is 9.31. The number of carbonyl (C=O) groups excluding carboxylic acids is 1. The molecular weight excluding hydrogens is 314 g/mol. The zero-order chi connectivity index (χ0) is 18.3. The van der Waals surface area contributed by atoms with E-state index in [0.717, 1.165) is 25.1 Å². The summed E-state index contributed by atoms with van der Waals surface area (Å²) < 4.78 is 0. The van der Waals surface area contributed by atoms with E-state index in [1.54, 1.807) is 18.1 Å². The number of unbranched alkanes of at least 4 members (excludes halogenated alkanes) is 5. The van der Waals surface area contributed by atoms with Crippen LogP contribution in [0.4, 0.5) is 0 Å². The quantitative estimate of drug-likeness (QED) is 0.345. The van der Waals surface area contributed by atoms with Crippen molar-refractivity contribution in [3.63, 3.8) is 0 Å². The Morgan fingerprint density at radius 3 is 2.72 bits per heavy atom. The lowest BCUT2D eigenvalue weighted by atomic mass is 10.1. The zero-order valence-corrected chi connectivity index (χ0v) is 15.7. The van der Waals surface area contributed by atoms with Crippen LogP contribution >= 0.6 is 0 Å². The normalized spacial score (nSPS) is 11.4. The van der Waals surface area contributed by atoms with E-state index in [1.807, 2.05) is 18.2 Å². The van der Waals surface area contributed by atoms with Gasteiger partial charge in [0.25, 0.3) is 0 Å². The van der Waals surface area contributed by atoms with Gasteiger partial charge in [-0.3, -0.25) is 9.78 Å². The monoisotopic (exact) mass is 347 g/mol. The number of guanidine groups is 1. The van der Waals surface area contributed by atoms with Crippen molar-refractivity contribution in [2.75, 3.05) is 26.7 Å². The number of nitrogens with one attached hydrogen (secondary N) is 1. The second-order valence-electron chi connectivity index (χ2n) is 6.28. The molecule has 6 heteroatoms. The minimum Gasteiger partial charge on any atom is -0.370 e. The minimum atomic E-state index is -0.0414. The van der Waals surface area contributed by atoms with Crippen molar-refractivity contribution in [2.45, 2.75) is 51.9 Å². The maximum atomic E-state index is 12.1. The van der Waals surface area contributed by atoms with Crippen LogP contribution in [0.2, 0.25) is 0 Å². The number of hydrogen-bond acceptors (Lipinski definition) is 3. The fourth-order valence-corrected chi connectivity index (χ4v) is 2.40. The Kier molecular flexibility index (Phi) is 11.1. The second kappa shape index (κ2) is 13.2. The van der Waals surface area contributed by atoms with Crippen LogP contribution < -0.4 is 11.1 Å². The Morgan fingerprint density at radius 2 is 2.00 bits per heavy atom. The van der Waals surface area contributed by atoms with Gasteiger partial charge in [0.15, 0.2) is 5.96 Å². The molecule has 1 amide bonds. The Morgan fingerprint density at radius 1 is 1.24 bits per heavy atom. The first kappa shape index (κ1) is 20.9. The third kappa shape index (κ3) is 10.4. The molecule has 1 aromatic rings. The average Bonchev–Trinajstić information content (AvgIpc) is 2.64. The van der Waals surface area contributed by atoms with Gasteiger partial charge in [-0.05, 0) is 18.6 Å². The fourth-order valence-electron chi connectivity index (χ4n) is 2.40. The molecule has 0 atom stereocenters. The molecule has 25 heavy (non-hydrogen) atoms. The summed E-state index contributed by atoms with van der Waals surface area (Å²) in [6, 6.07) is 5.79. The van der Waals surface area contributed by atoms with Gasteiger partial charge in [-0.15, -0.1) is 0 Å². The highest BCUT2D eigenvalue weighted by Gasteiger charge is 2.08. The molecule has 140 valence electrons. The van der Waals surface area contributed by atoms with Gasteiger partial charge in [0, 0.05) is 38.4 Å². The van der Waals surface area contributed by atoms with Gasteiger partial charge in [-0.1, -0.05) is 45.1 Å². The summed E-state index contributed by atoms with van der Waals surface area (Å²) in [5.74, 6) is 0.306. The first-order chi connectivity index (χ1) is 12.1. The number of pyridine rings is 1. The predicted octanol–water partition coefficient (Wildman–Crippen LogP) is 2.35. The number of rotatable bonds is 12. The smallest absolute Gasteiger partial charge is 0.244 e. The fraction of sp³-hybridized carbons (Fsp3) is 0.632. The van der Waals surface area contributed by atoms with Crippen molar-refractivity contribution in [1.29, 1.82) is 0 Å². The molecule has 0 fully saturated rings. The zero-order valence-electron chi connectivity index (χ0n) is 15.7. The van der Waals surface area contributed by atoms with Gasteiger partial charge in [0.2, 0.25) is 5.91 Å². The summed E-state index contributed by atoms with van der Waals surface area (Å²) in [6.45, 7) is 3.73. The number of hydrogen-bond donors (Lipinski definition) is 2. The summed E-state index contributed by atoms with van der Waals surface area (Å²) >= 11 is 0. The molecule has 0 aliphatic heterocycles. The lowest BCUT2D eigenvalue weighted by molar-refractivity contribution is -0.128. The molecule has 0 radical (unpaired) electrons. The van der Waals surface area contributed by atoms with E-state index in [1.165, 1.54) is 32.1 Å². The Labute approximate surface area is 151 Å². The number of nitrogens with two attached hydrogens (primary N) is 1. The minimum absolute atomic E-state index is 0.0414. The van der Waals surface area contributed by atoms with E-state index < -0.39 is 0 Å². The van der Waals surface area contributed by atoms with E-state index in [0.29, 0.717) is 12.5 Å². The SMILES string of the molecule is CCCCCCCCNC(N)=NCC(=O)N(C)CCc1ccccn1. The standard InChI is InChI=1S/C19H33N5O/c1-3-4-5-6-7-9-14-22-19(20)23-16-18(25)24(2)15-12-17-11-8-10-13-21-17/h8,10-11,13H,3-7,9,12,14-16H2,1-2H3,(H3,20,22,23). The molecule has 1 heterocycles. The van der Waals surface area contributed by atoms with Crippen molar-refractivity contribution < 1.29 is 4.79 Å². The Bertz CT molecular complexity index is 504. The first-order valence-corrected chi connectivity index (χ1v) is 9.31. The van der Waals surface area contributed by atoms with Crippen LogP contribution in [0.5, 0.6) is 0 Å². The summed E-state index contributed by atoms with van der Waals surface area (Å²) in [4.78, 5) is 22.1. The summed E-state index contributed by atoms with van der Waals surface area (Å²) in [5, 5.41) is 3.07. The summed E-state index contributed by atoms with van der Waals surface area (Å²) in [6.07, 6.45) is 9.93. The molecule has 0 bridgehead atoms. The number of aliphatic imine (C=N–C) groups is 1. The lowest BCUT2D eigenvalue weighted by Crippen LogP contribution is -2.35.